The summed E-state index contributed by atoms with van der Waals surface area (Å²) in [4.78, 5) is 26.5. The molecule has 2 unspecified atom stereocenters. The third kappa shape index (κ3) is 13.8. The molecule has 1 radical (unpaired) electrons. The van der Waals surface area contributed by atoms with E-state index in [9.17, 15) is 36.6 Å². The van der Waals surface area contributed by atoms with E-state index in [4.69, 9.17) is 19.8 Å². The summed E-state index contributed by atoms with van der Waals surface area (Å²) in [6.45, 7) is 8.67. The van der Waals surface area contributed by atoms with E-state index in [2.05, 4.69) is 9.98 Å². The third-order valence-corrected chi connectivity index (χ3v) is 6.46. The molecule has 1 saturated carbocycles. The summed E-state index contributed by atoms with van der Waals surface area (Å²) in [6.07, 6.45) is -5.10. The van der Waals surface area contributed by atoms with Crippen LogP contribution in [0.5, 0.6) is 11.5 Å². The summed E-state index contributed by atoms with van der Waals surface area (Å²) < 4.78 is 80.0. The molecule has 257 valence electrons. The van der Waals surface area contributed by atoms with Gasteiger partial charge in [-0.05, 0) is 80.3 Å². The minimum Gasteiger partial charge on any atom is -0.550 e. The number of phenolic OH excluding ortho intramolecular Hbond substituents is 2. The van der Waals surface area contributed by atoms with Gasteiger partial charge in [-0.15, -0.1) is 0 Å². The average molecular weight is 706 g/mol. The standard InChI is InChI=1S/C27H30F6N2O2.2C2H4O2.Co/c1-14(2)22-9-18(26(28,29)30)7-16(24(22)36)12-34-20-5-6-21(11-20)35-13-17-8-19(27(31,32)33)10-23(15(3)4)25(17)37;2*1-2(3)4;/h7-10,12-15,20-21,36-37H,5-6,11H2,1-4H3;2*1H3,(H,3,4);/q;;;+2/p-2. The van der Waals surface area contributed by atoms with Gasteiger partial charge in [0, 0.05) is 35.5 Å². The Bertz CT molecular complexity index is 1280. The van der Waals surface area contributed by atoms with Crippen LogP contribution in [0.2, 0.25) is 0 Å². The number of benzene rings is 2. The number of nitrogens with zero attached hydrogens (tertiary/aromatic N) is 2. The summed E-state index contributed by atoms with van der Waals surface area (Å²) in [7, 11) is 0. The molecule has 2 N–H and O–H groups in total. The second-order valence-corrected chi connectivity index (χ2v) is 11.0. The number of rotatable bonds is 6. The van der Waals surface area contributed by atoms with Crippen molar-refractivity contribution in [3.05, 3.63) is 57.6 Å². The van der Waals surface area contributed by atoms with Crippen molar-refractivity contribution in [2.75, 3.05) is 0 Å². The van der Waals surface area contributed by atoms with Crippen LogP contribution in [0.15, 0.2) is 34.3 Å². The Morgan fingerprint density at radius 3 is 1.26 bits per heavy atom. The zero-order valence-corrected chi connectivity index (χ0v) is 27.0. The molecule has 0 aliphatic heterocycles. The monoisotopic (exact) mass is 705 g/mol. The van der Waals surface area contributed by atoms with Gasteiger partial charge in [-0.2, -0.15) is 26.3 Å². The number of phenols is 2. The van der Waals surface area contributed by atoms with E-state index in [0.29, 0.717) is 19.3 Å². The molecule has 1 aliphatic rings. The van der Waals surface area contributed by atoms with Crippen molar-refractivity contribution in [3.8, 4) is 11.5 Å². The molecule has 0 bridgehead atoms. The molecule has 2 aromatic rings. The quantitative estimate of drug-likeness (QED) is 0.306. The van der Waals surface area contributed by atoms with Crippen LogP contribution in [-0.2, 0) is 38.7 Å². The van der Waals surface area contributed by atoms with Crippen molar-refractivity contribution in [1.29, 1.82) is 0 Å². The number of aliphatic carboxylic acids is 2. The van der Waals surface area contributed by atoms with Gasteiger partial charge >= 0.3 is 29.1 Å². The van der Waals surface area contributed by atoms with Crippen molar-refractivity contribution in [2.24, 2.45) is 9.98 Å². The Morgan fingerprint density at radius 1 is 0.739 bits per heavy atom. The zero-order valence-electron chi connectivity index (χ0n) is 25.9. The Labute approximate surface area is 273 Å². The van der Waals surface area contributed by atoms with E-state index in [1.54, 1.807) is 27.7 Å². The van der Waals surface area contributed by atoms with E-state index in [0.717, 1.165) is 38.1 Å². The Kier molecular flexibility index (Phi) is 16.5. The van der Waals surface area contributed by atoms with Crippen LogP contribution in [0.1, 0.15) is 106 Å². The van der Waals surface area contributed by atoms with Crippen LogP contribution in [0.4, 0.5) is 26.3 Å². The van der Waals surface area contributed by atoms with Gasteiger partial charge in [0.1, 0.15) is 11.5 Å². The predicted molar refractivity (Wildman–Crippen MR) is 152 cm³/mol. The van der Waals surface area contributed by atoms with Crippen molar-refractivity contribution >= 4 is 24.4 Å². The van der Waals surface area contributed by atoms with Crippen molar-refractivity contribution in [3.63, 3.8) is 0 Å². The first-order chi connectivity index (χ1) is 20.5. The minimum atomic E-state index is -4.57. The van der Waals surface area contributed by atoms with Gasteiger partial charge in [0.25, 0.3) is 0 Å². The molecule has 3 rings (SSSR count). The first-order valence-corrected chi connectivity index (χ1v) is 13.8. The van der Waals surface area contributed by atoms with Gasteiger partial charge in [-0.1, -0.05) is 27.7 Å². The number of carbonyl (C=O) groups excluding carboxylic acids is 2. The molecule has 0 spiro atoms. The molecule has 2 atom stereocenters. The van der Waals surface area contributed by atoms with Crippen LogP contribution < -0.4 is 10.2 Å². The Hall–Kier alpha value is -3.59. The maximum atomic E-state index is 13.3. The molecule has 0 saturated heterocycles. The van der Waals surface area contributed by atoms with Crippen molar-refractivity contribution < 1.29 is 73.1 Å². The zero-order chi connectivity index (χ0) is 34.9. The number of carboxylic acids is 2. The fraction of sp³-hybridized carbons (Fsp3) is 0.484. The summed E-state index contributed by atoms with van der Waals surface area (Å²) in [5, 5.41) is 38.7. The molecule has 0 heterocycles. The molecule has 0 amide bonds. The van der Waals surface area contributed by atoms with Gasteiger partial charge in [-0.3, -0.25) is 9.98 Å². The van der Waals surface area contributed by atoms with E-state index in [-0.39, 0.29) is 74.5 Å². The topological polar surface area (TPSA) is 145 Å². The van der Waals surface area contributed by atoms with Gasteiger partial charge in [0.2, 0.25) is 0 Å². The number of halogens is 6. The van der Waals surface area contributed by atoms with Crippen LogP contribution in [0.3, 0.4) is 0 Å². The first-order valence-electron chi connectivity index (χ1n) is 13.8. The number of carbonyl (C=O) groups is 2. The molecule has 0 aromatic heterocycles. The fourth-order valence-corrected chi connectivity index (χ4v) is 4.34. The van der Waals surface area contributed by atoms with Gasteiger partial charge < -0.3 is 30.0 Å². The maximum absolute atomic E-state index is 13.3. The van der Waals surface area contributed by atoms with Crippen molar-refractivity contribution in [2.45, 2.75) is 97.1 Å². The molecular weight excluding hydrogens is 669 g/mol. The van der Waals surface area contributed by atoms with Gasteiger partial charge in [-0.25, -0.2) is 0 Å². The second-order valence-electron chi connectivity index (χ2n) is 11.0. The number of aromatic hydroxyl groups is 2. The number of hydrogen-bond acceptors (Lipinski definition) is 8. The maximum Gasteiger partial charge on any atom is 2.00 e. The number of carboxylic acid groups (broad SMARTS) is 2. The minimum absolute atomic E-state index is 0. The van der Waals surface area contributed by atoms with E-state index >= 15 is 0 Å². The number of aliphatic imine (C=N–C) groups is 2. The smallest absolute Gasteiger partial charge is 0.550 e. The van der Waals surface area contributed by atoms with E-state index in [1.807, 2.05) is 0 Å². The second kappa shape index (κ2) is 17.9. The van der Waals surface area contributed by atoms with Crippen molar-refractivity contribution in [1.82, 2.24) is 0 Å². The van der Waals surface area contributed by atoms with E-state index < -0.39 is 35.4 Å². The normalized spacial score (nSPS) is 16.6. The van der Waals surface area contributed by atoms with E-state index in [1.165, 1.54) is 12.4 Å². The first kappa shape index (κ1) is 42.4. The Morgan fingerprint density at radius 2 is 1.02 bits per heavy atom. The van der Waals surface area contributed by atoms with Crippen LogP contribution in [-0.4, -0.2) is 46.7 Å². The van der Waals surface area contributed by atoms with Crippen LogP contribution in [0, 0.1) is 0 Å². The average Bonchev–Trinajstić information content (AvgIpc) is 3.32. The number of hydrogen-bond donors (Lipinski definition) is 2. The molecule has 8 nitrogen and oxygen atoms in total. The molecular formula is C31H36CoF6N2O6. The SMILES string of the molecule is CC(=O)[O-].CC(=O)[O-].CC(C)c1cc(C(F)(F)F)cc(C=NC2CCC(N=Cc3cc(C(F)(F)F)cc(C(C)C)c3O)C2)c1O.[Co+2]. The van der Waals surface area contributed by atoms with Gasteiger partial charge in [0.05, 0.1) is 23.2 Å². The molecule has 1 aliphatic carbocycles. The predicted octanol–water partition coefficient (Wildman–Crippen LogP) is 5.35. The molecule has 15 heteroatoms. The largest absolute Gasteiger partial charge is 2.00 e. The summed E-state index contributed by atoms with van der Waals surface area (Å²) >= 11 is 0. The molecule has 46 heavy (non-hydrogen) atoms. The summed E-state index contributed by atoms with van der Waals surface area (Å²) in [6, 6.07) is 3.03. The van der Waals surface area contributed by atoms with Crippen LogP contribution >= 0.6 is 0 Å². The fourth-order valence-electron chi connectivity index (χ4n) is 4.34. The molecule has 2 aromatic carbocycles. The van der Waals surface area contributed by atoms with Crippen LogP contribution in [0.25, 0.3) is 0 Å². The van der Waals surface area contributed by atoms with Gasteiger partial charge in [0.15, 0.2) is 0 Å². The summed E-state index contributed by atoms with van der Waals surface area (Å²) in [5.74, 6) is -3.33. The number of alkyl halides is 6. The summed E-state index contributed by atoms with van der Waals surface area (Å²) in [5.41, 5.74) is -1.45. The molecule has 1 fully saturated rings. The Balaban J connectivity index is 0.00000201. The third-order valence-electron chi connectivity index (χ3n) is 6.46.